The number of thiophene rings is 1. The molecule has 0 unspecified atom stereocenters. The molecule has 0 aliphatic heterocycles. The fourth-order valence-electron chi connectivity index (χ4n) is 2.00. The van der Waals surface area contributed by atoms with E-state index in [9.17, 15) is 5.11 Å². The van der Waals surface area contributed by atoms with Gasteiger partial charge in [-0.3, -0.25) is 0 Å². The Bertz CT molecular complexity index is 704. The molecule has 0 spiro atoms. The van der Waals surface area contributed by atoms with Gasteiger partial charge in [-0.05, 0) is 29.8 Å². The maximum atomic E-state index is 9.95. The number of hydrogen-bond donors (Lipinski definition) is 2. The summed E-state index contributed by atoms with van der Waals surface area (Å²) in [6, 6.07) is 19.6. The lowest BCUT2D eigenvalue weighted by Crippen LogP contribution is -1.84. The molecule has 1 heterocycles. The second-order valence-corrected chi connectivity index (χ2v) is 5.39. The highest BCUT2D eigenvalue weighted by Gasteiger charge is 2.08. The van der Waals surface area contributed by atoms with Crippen molar-refractivity contribution in [1.29, 1.82) is 0 Å². The highest BCUT2D eigenvalue weighted by Crippen LogP contribution is 2.38. The molecule has 0 fully saturated rings. The third-order valence-corrected chi connectivity index (χ3v) is 4.12. The third-order valence-electron chi connectivity index (χ3n) is 2.95. The van der Waals surface area contributed by atoms with Crippen molar-refractivity contribution < 1.29 is 5.11 Å². The molecule has 0 bridgehead atoms. The second kappa shape index (κ2) is 4.78. The van der Waals surface area contributed by atoms with E-state index in [4.69, 9.17) is 5.73 Å². The normalized spacial score (nSPS) is 10.5. The summed E-state index contributed by atoms with van der Waals surface area (Å²) in [6.45, 7) is 0. The Hall–Kier alpha value is -2.26. The SMILES string of the molecule is Nc1ccc(-c2ccc(-c3ccccc3)s2)c(O)c1. The molecule has 1 aromatic heterocycles. The van der Waals surface area contributed by atoms with Crippen molar-refractivity contribution in [2.75, 3.05) is 5.73 Å². The Kier molecular flexibility index (Phi) is 2.97. The summed E-state index contributed by atoms with van der Waals surface area (Å²) in [5.74, 6) is 0.224. The first-order valence-corrected chi connectivity index (χ1v) is 6.80. The summed E-state index contributed by atoms with van der Waals surface area (Å²) < 4.78 is 0. The average Bonchev–Trinajstić information content (AvgIpc) is 2.89. The van der Waals surface area contributed by atoms with Crippen molar-refractivity contribution in [3.05, 3.63) is 60.7 Å². The lowest BCUT2D eigenvalue weighted by molar-refractivity contribution is 0.478. The first kappa shape index (κ1) is 11.8. The van der Waals surface area contributed by atoms with Gasteiger partial charge in [0.2, 0.25) is 0 Å². The summed E-state index contributed by atoms with van der Waals surface area (Å²) in [5.41, 5.74) is 8.23. The van der Waals surface area contributed by atoms with Crippen molar-refractivity contribution in [2.24, 2.45) is 0 Å². The molecule has 94 valence electrons. The number of benzene rings is 2. The molecule has 0 amide bonds. The zero-order valence-corrected chi connectivity index (χ0v) is 11.0. The second-order valence-electron chi connectivity index (χ2n) is 4.31. The zero-order valence-electron chi connectivity index (χ0n) is 10.2. The molecule has 19 heavy (non-hydrogen) atoms. The lowest BCUT2D eigenvalue weighted by atomic mass is 10.1. The summed E-state index contributed by atoms with van der Waals surface area (Å²) >= 11 is 1.66. The van der Waals surface area contributed by atoms with E-state index >= 15 is 0 Å². The quantitative estimate of drug-likeness (QED) is 0.677. The molecule has 0 atom stereocenters. The molecule has 0 saturated heterocycles. The van der Waals surface area contributed by atoms with Crippen LogP contribution in [0.5, 0.6) is 5.75 Å². The summed E-state index contributed by atoms with van der Waals surface area (Å²) in [6.07, 6.45) is 0. The molecule has 3 N–H and O–H groups in total. The molecule has 0 saturated carbocycles. The molecule has 0 aliphatic carbocycles. The van der Waals surface area contributed by atoms with Crippen LogP contribution in [-0.2, 0) is 0 Å². The van der Waals surface area contributed by atoms with Crippen molar-refractivity contribution in [1.82, 2.24) is 0 Å². The van der Waals surface area contributed by atoms with E-state index in [0.717, 1.165) is 10.4 Å². The highest BCUT2D eigenvalue weighted by molar-refractivity contribution is 7.18. The van der Waals surface area contributed by atoms with Crippen LogP contribution in [0.4, 0.5) is 5.69 Å². The fraction of sp³-hybridized carbons (Fsp3) is 0. The predicted molar refractivity (Wildman–Crippen MR) is 81.3 cm³/mol. The van der Waals surface area contributed by atoms with Crippen LogP contribution in [0, 0.1) is 0 Å². The lowest BCUT2D eigenvalue weighted by Gasteiger charge is -2.02. The van der Waals surface area contributed by atoms with E-state index in [0.29, 0.717) is 5.69 Å². The minimum atomic E-state index is 0.224. The monoisotopic (exact) mass is 267 g/mol. The van der Waals surface area contributed by atoms with Gasteiger partial charge in [0.25, 0.3) is 0 Å². The molecule has 3 rings (SSSR count). The minimum absolute atomic E-state index is 0.224. The highest BCUT2D eigenvalue weighted by atomic mass is 32.1. The predicted octanol–water partition coefficient (Wildman–Crippen LogP) is 4.37. The maximum absolute atomic E-state index is 9.95. The van der Waals surface area contributed by atoms with Gasteiger partial charge in [0.05, 0.1) is 0 Å². The number of anilines is 1. The van der Waals surface area contributed by atoms with E-state index in [1.807, 2.05) is 30.3 Å². The van der Waals surface area contributed by atoms with E-state index < -0.39 is 0 Å². The molecule has 3 aromatic rings. The Morgan fingerprint density at radius 2 is 1.58 bits per heavy atom. The van der Waals surface area contributed by atoms with Crippen molar-refractivity contribution in [2.45, 2.75) is 0 Å². The Morgan fingerprint density at radius 3 is 2.32 bits per heavy atom. The van der Waals surface area contributed by atoms with Gasteiger partial charge in [-0.15, -0.1) is 11.3 Å². The van der Waals surface area contributed by atoms with Crippen LogP contribution in [-0.4, -0.2) is 5.11 Å². The van der Waals surface area contributed by atoms with Crippen LogP contribution in [0.15, 0.2) is 60.7 Å². The molecule has 0 radical (unpaired) electrons. The number of phenols is 1. The van der Waals surface area contributed by atoms with Crippen LogP contribution in [0.25, 0.3) is 20.9 Å². The molecule has 2 nitrogen and oxygen atoms in total. The van der Waals surface area contributed by atoms with Gasteiger partial charge in [0, 0.05) is 27.1 Å². The van der Waals surface area contributed by atoms with Crippen LogP contribution in [0.3, 0.4) is 0 Å². The molecule has 2 aromatic carbocycles. The largest absolute Gasteiger partial charge is 0.507 e. The van der Waals surface area contributed by atoms with E-state index in [-0.39, 0.29) is 5.75 Å². The molecule has 3 heteroatoms. The van der Waals surface area contributed by atoms with Gasteiger partial charge in [0.15, 0.2) is 0 Å². The molecular formula is C16H13NOS. The number of nitrogen functional groups attached to an aromatic ring is 1. The third kappa shape index (κ3) is 2.33. The summed E-state index contributed by atoms with van der Waals surface area (Å²) in [5, 5.41) is 9.95. The van der Waals surface area contributed by atoms with Gasteiger partial charge in [-0.1, -0.05) is 30.3 Å². The van der Waals surface area contributed by atoms with Crippen molar-refractivity contribution in [3.8, 4) is 26.6 Å². The van der Waals surface area contributed by atoms with Gasteiger partial charge < -0.3 is 10.8 Å². The van der Waals surface area contributed by atoms with Crippen LogP contribution >= 0.6 is 11.3 Å². The maximum Gasteiger partial charge on any atom is 0.126 e. The number of nitrogens with two attached hydrogens (primary N) is 1. The first-order valence-electron chi connectivity index (χ1n) is 5.98. The zero-order chi connectivity index (χ0) is 13.2. The fourth-order valence-corrected chi connectivity index (χ4v) is 3.04. The average molecular weight is 267 g/mol. The van der Waals surface area contributed by atoms with E-state index in [2.05, 4.69) is 18.2 Å². The Labute approximate surface area is 115 Å². The number of phenolic OH excluding ortho intramolecular Hbond substituents is 1. The summed E-state index contributed by atoms with van der Waals surface area (Å²) in [7, 11) is 0. The number of hydrogen-bond acceptors (Lipinski definition) is 3. The van der Waals surface area contributed by atoms with E-state index in [1.165, 1.54) is 10.4 Å². The summed E-state index contributed by atoms with van der Waals surface area (Å²) in [4.78, 5) is 2.23. The van der Waals surface area contributed by atoms with Gasteiger partial charge in [-0.25, -0.2) is 0 Å². The molecule has 0 aliphatic rings. The van der Waals surface area contributed by atoms with Crippen molar-refractivity contribution in [3.63, 3.8) is 0 Å². The topological polar surface area (TPSA) is 46.2 Å². The molecular weight excluding hydrogens is 254 g/mol. The van der Waals surface area contributed by atoms with Gasteiger partial charge in [-0.2, -0.15) is 0 Å². The van der Waals surface area contributed by atoms with Crippen LogP contribution in [0.2, 0.25) is 0 Å². The number of aromatic hydroxyl groups is 1. The number of rotatable bonds is 2. The van der Waals surface area contributed by atoms with Crippen LogP contribution in [0.1, 0.15) is 0 Å². The standard InChI is InChI=1S/C16H13NOS/c17-12-6-7-13(14(18)10-12)16-9-8-15(19-16)11-4-2-1-3-5-11/h1-10,18H,17H2. The Balaban J connectivity index is 2.02. The van der Waals surface area contributed by atoms with Gasteiger partial charge >= 0.3 is 0 Å². The Morgan fingerprint density at radius 1 is 0.842 bits per heavy atom. The van der Waals surface area contributed by atoms with E-state index in [1.54, 1.807) is 23.5 Å². The first-order chi connectivity index (χ1) is 9.24. The minimum Gasteiger partial charge on any atom is -0.507 e. The van der Waals surface area contributed by atoms with Crippen molar-refractivity contribution >= 4 is 17.0 Å². The van der Waals surface area contributed by atoms with Crippen LogP contribution < -0.4 is 5.73 Å². The smallest absolute Gasteiger partial charge is 0.126 e. The van der Waals surface area contributed by atoms with Gasteiger partial charge in [0.1, 0.15) is 5.75 Å².